The average Bonchev–Trinajstić information content (AvgIpc) is 2.34. The van der Waals surface area contributed by atoms with E-state index in [-0.39, 0.29) is 0 Å². The van der Waals surface area contributed by atoms with Gasteiger partial charge in [0, 0.05) is 13.1 Å². The molecular formula is C14H24N2O2S. The van der Waals surface area contributed by atoms with Crippen LogP contribution in [0.5, 0.6) is 0 Å². The second-order valence-electron chi connectivity index (χ2n) is 4.82. The van der Waals surface area contributed by atoms with Gasteiger partial charge in [-0.05, 0) is 50.1 Å². The number of hydrogen-bond donors (Lipinski definition) is 2. The van der Waals surface area contributed by atoms with Gasteiger partial charge in [0.25, 0.3) is 0 Å². The van der Waals surface area contributed by atoms with Gasteiger partial charge in [-0.15, -0.1) is 0 Å². The Kier molecular flexibility index (Phi) is 5.97. The highest BCUT2D eigenvalue weighted by molar-refractivity contribution is 7.89. The lowest BCUT2D eigenvalue weighted by Crippen LogP contribution is -2.26. The molecule has 108 valence electrons. The van der Waals surface area contributed by atoms with Crippen molar-refractivity contribution in [2.45, 2.75) is 45.1 Å². The highest BCUT2D eigenvalue weighted by Crippen LogP contribution is 2.21. The zero-order valence-corrected chi connectivity index (χ0v) is 13.0. The molecule has 1 aromatic rings. The van der Waals surface area contributed by atoms with Gasteiger partial charge in [-0.25, -0.2) is 13.1 Å². The van der Waals surface area contributed by atoms with Gasteiger partial charge >= 0.3 is 0 Å². The smallest absolute Gasteiger partial charge is 0.240 e. The van der Waals surface area contributed by atoms with E-state index in [9.17, 15) is 8.42 Å². The molecule has 0 aliphatic rings. The lowest BCUT2D eigenvalue weighted by Gasteiger charge is -2.13. The van der Waals surface area contributed by atoms with Crippen molar-refractivity contribution in [3.05, 3.63) is 28.8 Å². The van der Waals surface area contributed by atoms with Gasteiger partial charge in [0.15, 0.2) is 0 Å². The average molecular weight is 284 g/mol. The molecule has 0 bridgehead atoms. The molecule has 4 nitrogen and oxygen atoms in total. The largest absolute Gasteiger partial charge is 0.316 e. The van der Waals surface area contributed by atoms with Crippen LogP contribution in [-0.4, -0.2) is 22.0 Å². The summed E-state index contributed by atoms with van der Waals surface area (Å²) in [6, 6.07) is 3.78. The third kappa shape index (κ3) is 4.30. The Morgan fingerprint density at radius 1 is 1.21 bits per heavy atom. The first-order valence-corrected chi connectivity index (χ1v) is 8.15. The quantitative estimate of drug-likeness (QED) is 0.754. The Balaban J connectivity index is 3.10. The highest BCUT2D eigenvalue weighted by atomic mass is 32.2. The SMILES string of the molecule is CCCCNS(=O)(=O)c1cc(CNC)cc(C)c1C. The normalized spacial score (nSPS) is 11.8. The van der Waals surface area contributed by atoms with Crippen LogP contribution < -0.4 is 10.0 Å². The van der Waals surface area contributed by atoms with E-state index in [1.165, 1.54) is 0 Å². The second-order valence-corrected chi connectivity index (χ2v) is 6.55. The molecular weight excluding hydrogens is 260 g/mol. The predicted octanol–water partition coefficient (Wildman–Crippen LogP) is 2.10. The molecule has 0 saturated carbocycles. The van der Waals surface area contributed by atoms with Gasteiger partial charge in [0.05, 0.1) is 4.90 Å². The van der Waals surface area contributed by atoms with Crippen LogP contribution in [0.15, 0.2) is 17.0 Å². The van der Waals surface area contributed by atoms with Crippen molar-refractivity contribution in [1.29, 1.82) is 0 Å². The highest BCUT2D eigenvalue weighted by Gasteiger charge is 2.18. The summed E-state index contributed by atoms with van der Waals surface area (Å²) >= 11 is 0. The molecule has 0 saturated heterocycles. The van der Waals surface area contributed by atoms with Crippen LogP contribution in [-0.2, 0) is 16.6 Å². The zero-order valence-electron chi connectivity index (χ0n) is 12.2. The summed E-state index contributed by atoms with van der Waals surface area (Å²) in [5.74, 6) is 0. The third-order valence-electron chi connectivity index (χ3n) is 3.17. The molecule has 0 atom stereocenters. The maximum atomic E-state index is 12.3. The molecule has 0 aromatic heterocycles. The molecule has 0 aliphatic carbocycles. The van der Waals surface area contributed by atoms with Crippen LogP contribution in [0, 0.1) is 13.8 Å². The summed E-state index contributed by atoms with van der Waals surface area (Å²) in [6.45, 7) is 7.00. The number of hydrogen-bond acceptors (Lipinski definition) is 3. The monoisotopic (exact) mass is 284 g/mol. The molecule has 0 unspecified atom stereocenters. The van der Waals surface area contributed by atoms with Crippen LogP contribution in [0.1, 0.15) is 36.5 Å². The molecule has 0 heterocycles. The van der Waals surface area contributed by atoms with E-state index in [0.717, 1.165) is 29.5 Å². The lowest BCUT2D eigenvalue weighted by molar-refractivity contribution is 0.577. The number of unbranched alkanes of at least 4 members (excludes halogenated alkanes) is 1. The van der Waals surface area contributed by atoms with Gasteiger partial charge < -0.3 is 5.32 Å². The van der Waals surface area contributed by atoms with Gasteiger partial charge in [-0.3, -0.25) is 0 Å². The molecule has 0 amide bonds. The van der Waals surface area contributed by atoms with E-state index >= 15 is 0 Å². The van der Waals surface area contributed by atoms with Gasteiger partial charge in [-0.1, -0.05) is 19.4 Å². The number of benzene rings is 1. The minimum atomic E-state index is -3.40. The number of nitrogens with one attached hydrogen (secondary N) is 2. The van der Waals surface area contributed by atoms with Crippen molar-refractivity contribution in [3.8, 4) is 0 Å². The Morgan fingerprint density at radius 2 is 1.89 bits per heavy atom. The van der Waals surface area contributed by atoms with Crippen molar-refractivity contribution in [2.24, 2.45) is 0 Å². The predicted molar refractivity (Wildman–Crippen MR) is 78.8 cm³/mol. The van der Waals surface area contributed by atoms with Crippen LogP contribution in [0.3, 0.4) is 0 Å². The molecule has 19 heavy (non-hydrogen) atoms. The number of sulfonamides is 1. The molecule has 5 heteroatoms. The van der Waals surface area contributed by atoms with E-state index in [2.05, 4.69) is 10.0 Å². The van der Waals surface area contributed by atoms with Crippen molar-refractivity contribution >= 4 is 10.0 Å². The summed E-state index contributed by atoms with van der Waals surface area (Å²) in [4.78, 5) is 0.397. The lowest BCUT2D eigenvalue weighted by atomic mass is 10.1. The summed E-state index contributed by atoms with van der Waals surface area (Å²) < 4.78 is 27.3. The van der Waals surface area contributed by atoms with E-state index in [4.69, 9.17) is 0 Å². The molecule has 0 aliphatic heterocycles. The Bertz CT molecular complexity index is 524. The fourth-order valence-electron chi connectivity index (χ4n) is 1.95. The zero-order chi connectivity index (χ0) is 14.5. The summed E-state index contributed by atoms with van der Waals surface area (Å²) in [6.07, 6.45) is 1.83. The van der Waals surface area contributed by atoms with E-state index in [1.807, 2.05) is 33.9 Å². The van der Waals surface area contributed by atoms with Crippen molar-refractivity contribution in [2.75, 3.05) is 13.6 Å². The van der Waals surface area contributed by atoms with Crippen LogP contribution >= 0.6 is 0 Å². The molecule has 2 N–H and O–H groups in total. The van der Waals surface area contributed by atoms with Gasteiger partial charge in [0.2, 0.25) is 10.0 Å². The standard InChI is InChI=1S/C14H24N2O2S/c1-5-6-7-16-19(17,18)14-9-13(10-15-4)8-11(2)12(14)3/h8-9,15-16H,5-7,10H2,1-4H3. The fraction of sp³-hybridized carbons (Fsp3) is 0.571. The first-order valence-electron chi connectivity index (χ1n) is 6.66. The van der Waals surface area contributed by atoms with Gasteiger partial charge in [0.1, 0.15) is 0 Å². The van der Waals surface area contributed by atoms with E-state index in [1.54, 1.807) is 6.07 Å². The third-order valence-corrected chi connectivity index (χ3v) is 4.76. The van der Waals surface area contributed by atoms with Gasteiger partial charge in [-0.2, -0.15) is 0 Å². The molecule has 0 fully saturated rings. The second kappa shape index (κ2) is 7.03. The van der Waals surface area contributed by atoms with Crippen LogP contribution in [0.2, 0.25) is 0 Å². The molecule has 1 aromatic carbocycles. The summed E-state index contributed by atoms with van der Waals surface area (Å²) in [5, 5.41) is 3.05. The van der Waals surface area contributed by atoms with E-state index < -0.39 is 10.0 Å². The first-order chi connectivity index (χ1) is 8.92. The minimum Gasteiger partial charge on any atom is -0.316 e. The van der Waals surface area contributed by atoms with Crippen molar-refractivity contribution in [3.63, 3.8) is 0 Å². The van der Waals surface area contributed by atoms with Crippen molar-refractivity contribution < 1.29 is 8.42 Å². The molecule has 1 rings (SSSR count). The molecule has 0 spiro atoms. The maximum Gasteiger partial charge on any atom is 0.240 e. The topological polar surface area (TPSA) is 58.2 Å². The summed E-state index contributed by atoms with van der Waals surface area (Å²) in [5.41, 5.74) is 2.81. The van der Waals surface area contributed by atoms with Crippen LogP contribution in [0.4, 0.5) is 0 Å². The minimum absolute atomic E-state index is 0.397. The fourth-order valence-corrected chi connectivity index (χ4v) is 3.38. The Morgan fingerprint density at radius 3 is 2.47 bits per heavy atom. The Hall–Kier alpha value is -0.910. The number of rotatable bonds is 7. The molecule has 0 radical (unpaired) electrons. The Labute approximate surface area is 116 Å². The van der Waals surface area contributed by atoms with Crippen LogP contribution in [0.25, 0.3) is 0 Å². The van der Waals surface area contributed by atoms with E-state index in [0.29, 0.717) is 18.0 Å². The summed E-state index contributed by atoms with van der Waals surface area (Å²) in [7, 11) is -1.55. The first kappa shape index (κ1) is 16.1. The van der Waals surface area contributed by atoms with Crippen molar-refractivity contribution in [1.82, 2.24) is 10.0 Å². The maximum absolute atomic E-state index is 12.3. The number of aryl methyl sites for hydroxylation is 1.